The number of benzene rings is 1. The predicted octanol–water partition coefficient (Wildman–Crippen LogP) is 2.79. The van der Waals surface area contributed by atoms with Crippen molar-refractivity contribution in [3.63, 3.8) is 0 Å². The Kier molecular flexibility index (Phi) is 3.76. The van der Waals surface area contributed by atoms with Gasteiger partial charge in [0, 0.05) is 13.1 Å². The summed E-state index contributed by atoms with van der Waals surface area (Å²) >= 11 is 3.31. The summed E-state index contributed by atoms with van der Waals surface area (Å²) in [5.41, 5.74) is 0.931. The molecule has 1 aromatic heterocycles. The minimum absolute atomic E-state index is 0.178. The van der Waals surface area contributed by atoms with Gasteiger partial charge in [0.15, 0.2) is 5.82 Å². The summed E-state index contributed by atoms with van der Waals surface area (Å²) in [6.07, 6.45) is 1.76. The normalized spacial score (nSPS) is 10.4. The number of carbonyl (C=O) groups excluding carboxylic acids is 1. The van der Waals surface area contributed by atoms with Crippen LogP contribution in [0.1, 0.15) is 12.5 Å². The quantitative estimate of drug-likeness (QED) is 0.947. The van der Waals surface area contributed by atoms with E-state index >= 15 is 0 Å². The summed E-state index contributed by atoms with van der Waals surface area (Å²) in [5, 5.41) is 6.82. The summed E-state index contributed by atoms with van der Waals surface area (Å²) in [6, 6.07) is 6.21. The lowest BCUT2D eigenvalue weighted by molar-refractivity contribution is -0.114. The molecule has 0 saturated heterocycles. The third-order valence-electron chi connectivity index (χ3n) is 2.27. The molecule has 4 nitrogen and oxygen atoms in total. The Bertz CT molecular complexity index is 565. The first-order valence-corrected chi connectivity index (χ1v) is 6.09. The Morgan fingerprint density at radius 1 is 1.44 bits per heavy atom. The lowest BCUT2D eigenvalue weighted by atomic mass is 10.2. The minimum atomic E-state index is -0.265. The van der Waals surface area contributed by atoms with Gasteiger partial charge in [-0.15, -0.1) is 0 Å². The molecule has 0 bridgehead atoms. The van der Waals surface area contributed by atoms with Crippen LogP contribution in [0.5, 0.6) is 0 Å². The van der Waals surface area contributed by atoms with Gasteiger partial charge in [0.2, 0.25) is 5.91 Å². The van der Waals surface area contributed by atoms with Crippen molar-refractivity contribution in [2.24, 2.45) is 0 Å². The average Bonchev–Trinajstić information content (AvgIpc) is 2.62. The Morgan fingerprint density at radius 2 is 2.11 bits per heavy atom. The van der Waals surface area contributed by atoms with Crippen LogP contribution < -0.4 is 5.32 Å². The molecule has 2 aromatic rings. The summed E-state index contributed by atoms with van der Waals surface area (Å²) < 4.78 is 15.1. The maximum Gasteiger partial charge on any atom is 0.222 e. The second-order valence-electron chi connectivity index (χ2n) is 3.83. The van der Waals surface area contributed by atoms with E-state index in [1.807, 2.05) is 0 Å². The van der Waals surface area contributed by atoms with E-state index in [0.717, 1.165) is 5.56 Å². The number of nitrogens with one attached hydrogen (secondary N) is 1. The molecule has 6 heteroatoms. The van der Waals surface area contributed by atoms with E-state index in [9.17, 15) is 9.18 Å². The van der Waals surface area contributed by atoms with Crippen molar-refractivity contribution in [2.75, 3.05) is 5.32 Å². The van der Waals surface area contributed by atoms with Gasteiger partial charge in [-0.3, -0.25) is 9.48 Å². The van der Waals surface area contributed by atoms with E-state index in [1.165, 1.54) is 19.1 Å². The van der Waals surface area contributed by atoms with Crippen LogP contribution in [0.4, 0.5) is 10.2 Å². The SMILES string of the molecule is CC(=O)Nc1nn(Cc2ccc(F)cc2)cc1Br. The highest BCUT2D eigenvalue weighted by atomic mass is 79.9. The fourth-order valence-electron chi connectivity index (χ4n) is 1.51. The van der Waals surface area contributed by atoms with Gasteiger partial charge in [-0.2, -0.15) is 5.10 Å². The van der Waals surface area contributed by atoms with E-state index < -0.39 is 0 Å². The van der Waals surface area contributed by atoms with Crippen molar-refractivity contribution < 1.29 is 9.18 Å². The standard InChI is InChI=1S/C12H11BrFN3O/c1-8(18)15-12-11(13)7-17(16-12)6-9-2-4-10(14)5-3-9/h2-5,7H,6H2,1H3,(H,15,16,18). The van der Waals surface area contributed by atoms with Crippen molar-refractivity contribution in [1.29, 1.82) is 0 Å². The van der Waals surface area contributed by atoms with Crippen molar-refractivity contribution in [3.05, 3.63) is 46.3 Å². The molecule has 1 heterocycles. The smallest absolute Gasteiger partial charge is 0.222 e. The number of aromatic nitrogens is 2. The number of hydrogen-bond donors (Lipinski definition) is 1. The van der Waals surface area contributed by atoms with Crippen LogP contribution >= 0.6 is 15.9 Å². The number of carbonyl (C=O) groups is 1. The monoisotopic (exact) mass is 311 g/mol. The Labute approximate surface area is 112 Å². The minimum Gasteiger partial charge on any atom is -0.309 e. The lowest BCUT2D eigenvalue weighted by Crippen LogP contribution is -2.08. The fourth-order valence-corrected chi connectivity index (χ4v) is 1.92. The molecule has 0 aliphatic rings. The van der Waals surface area contributed by atoms with Gasteiger partial charge in [-0.05, 0) is 33.6 Å². The molecule has 1 N–H and O–H groups in total. The van der Waals surface area contributed by atoms with E-state index in [0.29, 0.717) is 16.8 Å². The third-order valence-corrected chi connectivity index (χ3v) is 2.85. The van der Waals surface area contributed by atoms with Crippen LogP contribution in [-0.2, 0) is 11.3 Å². The van der Waals surface area contributed by atoms with Gasteiger partial charge < -0.3 is 5.32 Å². The second kappa shape index (κ2) is 5.30. The maximum atomic E-state index is 12.8. The lowest BCUT2D eigenvalue weighted by Gasteiger charge is -2.01. The van der Waals surface area contributed by atoms with Crippen molar-refractivity contribution in [2.45, 2.75) is 13.5 Å². The summed E-state index contributed by atoms with van der Waals surface area (Å²) in [5.74, 6) is 0.0340. The van der Waals surface area contributed by atoms with E-state index in [-0.39, 0.29) is 11.7 Å². The first-order valence-electron chi connectivity index (χ1n) is 5.29. The van der Waals surface area contributed by atoms with Gasteiger partial charge in [0.25, 0.3) is 0 Å². The fraction of sp³-hybridized carbons (Fsp3) is 0.167. The number of halogens is 2. The van der Waals surface area contributed by atoms with E-state index in [4.69, 9.17) is 0 Å². The summed E-state index contributed by atoms with van der Waals surface area (Å²) in [7, 11) is 0. The van der Waals surface area contributed by atoms with Gasteiger partial charge >= 0.3 is 0 Å². The average molecular weight is 312 g/mol. The highest BCUT2D eigenvalue weighted by molar-refractivity contribution is 9.10. The highest BCUT2D eigenvalue weighted by Gasteiger charge is 2.07. The van der Waals surface area contributed by atoms with E-state index in [1.54, 1.807) is 23.0 Å². The topological polar surface area (TPSA) is 46.9 Å². The van der Waals surface area contributed by atoms with Crippen molar-refractivity contribution in [1.82, 2.24) is 9.78 Å². The van der Waals surface area contributed by atoms with E-state index in [2.05, 4.69) is 26.3 Å². The van der Waals surface area contributed by atoms with Crippen molar-refractivity contribution in [3.8, 4) is 0 Å². The molecule has 1 amide bonds. The molecule has 0 radical (unpaired) electrons. The Morgan fingerprint density at radius 3 is 2.72 bits per heavy atom. The van der Waals surface area contributed by atoms with Crippen LogP contribution in [0.25, 0.3) is 0 Å². The van der Waals surface area contributed by atoms with Crippen LogP contribution in [-0.4, -0.2) is 15.7 Å². The first kappa shape index (κ1) is 12.8. The van der Waals surface area contributed by atoms with Gasteiger partial charge in [-0.25, -0.2) is 4.39 Å². The van der Waals surface area contributed by atoms with Crippen molar-refractivity contribution >= 4 is 27.7 Å². The molecule has 0 saturated carbocycles. The molecule has 0 fully saturated rings. The molecule has 0 atom stereocenters. The molecule has 0 unspecified atom stereocenters. The molecule has 0 aliphatic carbocycles. The third kappa shape index (κ3) is 3.16. The van der Waals surface area contributed by atoms with Gasteiger partial charge in [-0.1, -0.05) is 12.1 Å². The number of rotatable bonds is 3. The zero-order valence-corrected chi connectivity index (χ0v) is 11.2. The zero-order valence-electron chi connectivity index (χ0n) is 9.65. The molecule has 0 aliphatic heterocycles. The molecule has 18 heavy (non-hydrogen) atoms. The van der Waals surface area contributed by atoms with Crippen LogP contribution in [0.15, 0.2) is 34.9 Å². The summed E-state index contributed by atoms with van der Waals surface area (Å²) in [4.78, 5) is 10.9. The zero-order chi connectivity index (χ0) is 13.1. The molecular weight excluding hydrogens is 301 g/mol. The molecule has 94 valence electrons. The van der Waals surface area contributed by atoms with Crippen LogP contribution in [0, 0.1) is 5.82 Å². The second-order valence-corrected chi connectivity index (χ2v) is 4.69. The molecule has 1 aromatic carbocycles. The summed E-state index contributed by atoms with van der Waals surface area (Å²) in [6.45, 7) is 1.93. The van der Waals surface area contributed by atoms with Gasteiger partial charge in [0.05, 0.1) is 11.0 Å². The number of anilines is 1. The van der Waals surface area contributed by atoms with Gasteiger partial charge in [0.1, 0.15) is 5.82 Å². The highest BCUT2D eigenvalue weighted by Crippen LogP contribution is 2.20. The largest absolute Gasteiger partial charge is 0.309 e. The molecular formula is C12H11BrFN3O. The number of nitrogens with zero attached hydrogens (tertiary/aromatic N) is 2. The molecule has 0 spiro atoms. The number of amides is 1. The Hall–Kier alpha value is -1.69. The number of hydrogen-bond acceptors (Lipinski definition) is 2. The van der Waals surface area contributed by atoms with Crippen LogP contribution in [0.3, 0.4) is 0 Å². The predicted molar refractivity (Wildman–Crippen MR) is 69.7 cm³/mol. The molecule has 2 rings (SSSR count). The van der Waals surface area contributed by atoms with Crippen LogP contribution in [0.2, 0.25) is 0 Å². The Balaban J connectivity index is 2.14. The first-order chi connectivity index (χ1) is 8.54. The maximum absolute atomic E-state index is 12.8.